The summed E-state index contributed by atoms with van der Waals surface area (Å²) in [6.45, 7) is 2.91. The number of rotatable bonds is 3. The first-order valence-electron chi connectivity index (χ1n) is 7.33. The Bertz CT molecular complexity index is 514. The fourth-order valence-corrected chi connectivity index (χ4v) is 2.89. The highest BCUT2D eigenvalue weighted by Crippen LogP contribution is 2.27. The number of hydrogen-bond acceptors (Lipinski definition) is 4. The summed E-state index contributed by atoms with van der Waals surface area (Å²) >= 11 is 0. The van der Waals surface area contributed by atoms with Crippen LogP contribution in [0.5, 0.6) is 0 Å². The van der Waals surface area contributed by atoms with Crippen LogP contribution in [0, 0.1) is 0 Å². The average Bonchev–Trinajstić information content (AvgIpc) is 2.95. The predicted octanol–water partition coefficient (Wildman–Crippen LogP) is 0.604. The van der Waals surface area contributed by atoms with Crippen molar-refractivity contribution in [3.8, 4) is 0 Å². The summed E-state index contributed by atoms with van der Waals surface area (Å²) in [6.07, 6.45) is 4.68. The van der Waals surface area contributed by atoms with Crippen molar-refractivity contribution in [2.75, 3.05) is 32.8 Å². The highest BCUT2D eigenvalue weighted by molar-refractivity contribution is 5.89. The Labute approximate surface area is 123 Å². The van der Waals surface area contributed by atoms with Crippen molar-refractivity contribution in [3.05, 3.63) is 30.1 Å². The topological polar surface area (TPSA) is 62.7 Å². The standard InChI is InChI=1S/C15H19N3O3/c19-13-4-2-6-18(13)14(12-3-1-5-16-11-12)15(20)17-7-9-21-10-8-17/h1,3,5,11,14H,2,4,6-10H2. The van der Waals surface area contributed by atoms with Crippen LogP contribution in [0.4, 0.5) is 0 Å². The molecule has 6 nitrogen and oxygen atoms in total. The van der Waals surface area contributed by atoms with Crippen molar-refractivity contribution < 1.29 is 14.3 Å². The van der Waals surface area contributed by atoms with Gasteiger partial charge in [-0.1, -0.05) is 6.07 Å². The van der Waals surface area contributed by atoms with Crippen LogP contribution in [0.25, 0.3) is 0 Å². The van der Waals surface area contributed by atoms with E-state index < -0.39 is 6.04 Å². The van der Waals surface area contributed by atoms with Crippen LogP contribution >= 0.6 is 0 Å². The molecule has 2 amide bonds. The number of hydrogen-bond donors (Lipinski definition) is 0. The first-order valence-corrected chi connectivity index (χ1v) is 7.33. The molecule has 2 aliphatic heterocycles. The van der Waals surface area contributed by atoms with Crippen LogP contribution in [-0.2, 0) is 14.3 Å². The van der Waals surface area contributed by atoms with E-state index in [1.807, 2.05) is 6.07 Å². The van der Waals surface area contributed by atoms with E-state index in [0.29, 0.717) is 39.3 Å². The Kier molecular flexibility index (Phi) is 4.15. The molecule has 112 valence electrons. The summed E-state index contributed by atoms with van der Waals surface area (Å²) in [5, 5.41) is 0. The Morgan fingerprint density at radius 1 is 1.29 bits per heavy atom. The molecule has 0 bridgehead atoms. The molecule has 6 heteroatoms. The lowest BCUT2D eigenvalue weighted by Gasteiger charge is -2.34. The van der Waals surface area contributed by atoms with Gasteiger partial charge in [-0.2, -0.15) is 0 Å². The predicted molar refractivity (Wildman–Crippen MR) is 75.3 cm³/mol. The van der Waals surface area contributed by atoms with Crippen LogP contribution in [0.3, 0.4) is 0 Å². The number of nitrogens with zero attached hydrogens (tertiary/aromatic N) is 3. The largest absolute Gasteiger partial charge is 0.378 e. The molecule has 1 unspecified atom stereocenters. The van der Waals surface area contributed by atoms with Gasteiger partial charge >= 0.3 is 0 Å². The number of aromatic nitrogens is 1. The van der Waals surface area contributed by atoms with Crippen molar-refractivity contribution in [2.24, 2.45) is 0 Å². The second-order valence-electron chi connectivity index (χ2n) is 5.32. The number of pyridine rings is 1. The summed E-state index contributed by atoms with van der Waals surface area (Å²) in [7, 11) is 0. The van der Waals surface area contributed by atoms with Crippen LogP contribution in [0.2, 0.25) is 0 Å². The van der Waals surface area contributed by atoms with Gasteiger partial charge in [0.2, 0.25) is 11.8 Å². The number of carbonyl (C=O) groups is 2. The Balaban J connectivity index is 1.88. The monoisotopic (exact) mass is 289 g/mol. The van der Waals surface area contributed by atoms with Crippen molar-refractivity contribution in [1.29, 1.82) is 0 Å². The third-order valence-corrected chi connectivity index (χ3v) is 3.98. The molecule has 2 fully saturated rings. The second-order valence-corrected chi connectivity index (χ2v) is 5.32. The van der Waals surface area contributed by atoms with Gasteiger partial charge < -0.3 is 14.5 Å². The number of carbonyl (C=O) groups excluding carboxylic acids is 2. The third-order valence-electron chi connectivity index (χ3n) is 3.98. The molecule has 0 radical (unpaired) electrons. The number of ether oxygens (including phenoxy) is 1. The van der Waals surface area contributed by atoms with E-state index in [0.717, 1.165) is 12.0 Å². The zero-order valence-corrected chi connectivity index (χ0v) is 11.9. The van der Waals surface area contributed by atoms with E-state index in [9.17, 15) is 9.59 Å². The molecule has 2 saturated heterocycles. The minimum Gasteiger partial charge on any atom is -0.378 e. The molecule has 1 aromatic rings. The van der Waals surface area contributed by atoms with Crippen LogP contribution in [-0.4, -0.2) is 59.4 Å². The minimum absolute atomic E-state index is 0.0263. The van der Waals surface area contributed by atoms with Gasteiger partial charge in [-0.25, -0.2) is 0 Å². The number of amides is 2. The molecular formula is C15H19N3O3. The zero-order valence-electron chi connectivity index (χ0n) is 11.9. The average molecular weight is 289 g/mol. The number of likely N-dealkylation sites (tertiary alicyclic amines) is 1. The molecule has 0 aromatic carbocycles. The summed E-state index contributed by atoms with van der Waals surface area (Å²) < 4.78 is 5.30. The lowest BCUT2D eigenvalue weighted by atomic mass is 10.1. The first-order chi connectivity index (χ1) is 10.3. The van der Waals surface area contributed by atoms with Crippen LogP contribution in [0.15, 0.2) is 24.5 Å². The van der Waals surface area contributed by atoms with Gasteiger partial charge in [0.1, 0.15) is 6.04 Å². The molecule has 3 heterocycles. The fraction of sp³-hybridized carbons (Fsp3) is 0.533. The molecule has 0 spiro atoms. The van der Waals surface area contributed by atoms with Gasteiger partial charge in [0.25, 0.3) is 0 Å². The highest BCUT2D eigenvalue weighted by atomic mass is 16.5. The lowest BCUT2D eigenvalue weighted by Crippen LogP contribution is -2.47. The molecule has 0 aliphatic carbocycles. The van der Waals surface area contributed by atoms with Gasteiger partial charge in [0.15, 0.2) is 0 Å². The summed E-state index contributed by atoms with van der Waals surface area (Å²) in [5.74, 6) is 0.0204. The maximum Gasteiger partial charge on any atom is 0.250 e. The molecule has 1 aromatic heterocycles. The highest BCUT2D eigenvalue weighted by Gasteiger charge is 2.36. The third kappa shape index (κ3) is 2.90. The van der Waals surface area contributed by atoms with Crippen molar-refractivity contribution in [2.45, 2.75) is 18.9 Å². The van der Waals surface area contributed by atoms with Gasteiger partial charge in [0.05, 0.1) is 13.2 Å². The number of morpholine rings is 1. The first kappa shape index (κ1) is 14.0. The van der Waals surface area contributed by atoms with E-state index in [1.54, 1.807) is 28.3 Å². The Morgan fingerprint density at radius 2 is 2.10 bits per heavy atom. The van der Waals surface area contributed by atoms with E-state index in [2.05, 4.69) is 4.98 Å². The second kappa shape index (κ2) is 6.22. The van der Waals surface area contributed by atoms with Crippen molar-refractivity contribution in [3.63, 3.8) is 0 Å². The smallest absolute Gasteiger partial charge is 0.250 e. The van der Waals surface area contributed by atoms with Gasteiger partial charge in [-0.15, -0.1) is 0 Å². The molecule has 0 N–H and O–H groups in total. The molecule has 2 aliphatic rings. The quantitative estimate of drug-likeness (QED) is 0.817. The Morgan fingerprint density at radius 3 is 2.71 bits per heavy atom. The van der Waals surface area contributed by atoms with Gasteiger partial charge in [-0.05, 0) is 12.5 Å². The summed E-state index contributed by atoms with van der Waals surface area (Å²) in [5.41, 5.74) is 0.782. The molecule has 21 heavy (non-hydrogen) atoms. The fourth-order valence-electron chi connectivity index (χ4n) is 2.89. The Hall–Kier alpha value is -1.95. The molecule has 3 rings (SSSR count). The van der Waals surface area contributed by atoms with Crippen molar-refractivity contribution >= 4 is 11.8 Å². The van der Waals surface area contributed by atoms with E-state index in [-0.39, 0.29) is 11.8 Å². The molecular weight excluding hydrogens is 270 g/mol. The van der Waals surface area contributed by atoms with Crippen LogP contribution < -0.4 is 0 Å². The van der Waals surface area contributed by atoms with Crippen LogP contribution in [0.1, 0.15) is 24.4 Å². The van der Waals surface area contributed by atoms with E-state index >= 15 is 0 Å². The normalized spacial score (nSPS) is 20.7. The zero-order chi connectivity index (χ0) is 14.7. The molecule has 1 atom stereocenters. The molecule has 0 saturated carbocycles. The minimum atomic E-state index is -0.549. The van der Waals surface area contributed by atoms with E-state index in [1.165, 1.54) is 0 Å². The van der Waals surface area contributed by atoms with E-state index in [4.69, 9.17) is 4.74 Å². The van der Waals surface area contributed by atoms with Gasteiger partial charge in [0, 0.05) is 44.0 Å². The summed E-state index contributed by atoms with van der Waals surface area (Å²) in [6, 6.07) is 3.11. The maximum atomic E-state index is 12.9. The maximum absolute atomic E-state index is 12.9. The summed E-state index contributed by atoms with van der Waals surface area (Å²) in [4.78, 5) is 32.5. The van der Waals surface area contributed by atoms with Gasteiger partial charge in [-0.3, -0.25) is 14.6 Å². The SMILES string of the molecule is O=C(C(c1cccnc1)N1CCCC1=O)N1CCOCC1. The lowest BCUT2D eigenvalue weighted by molar-refractivity contribution is -0.146. The van der Waals surface area contributed by atoms with Crippen molar-refractivity contribution in [1.82, 2.24) is 14.8 Å².